The van der Waals surface area contributed by atoms with Crippen LogP contribution < -0.4 is 11.1 Å². The Hall–Kier alpha value is -1.55. The number of nitrogens with two attached hydrogens (primary N) is 1. The molecule has 4 N–H and O–H groups in total. The maximum absolute atomic E-state index is 9.92. The molecule has 98 valence electrons. The number of hydrogen-bond donors (Lipinski definition) is 3. The van der Waals surface area contributed by atoms with Gasteiger partial charge in [-0.15, -0.1) is 0 Å². The summed E-state index contributed by atoms with van der Waals surface area (Å²) < 4.78 is 0. The van der Waals surface area contributed by atoms with Gasteiger partial charge >= 0.3 is 0 Å². The summed E-state index contributed by atoms with van der Waals surface area (Å²) in [6, 6.07) is 6.15. The molecule has 0 spiro atoms. The van der Waals surface area contributed by atoms with E-state index in [1.807, 2.05) is 26.0 Å². The number of guanidine groups is 1. The normalized spacial score (nSPS) is 18.3. The summed E-state index contributed by atoms with van der Waals surface area (Å²) in [5, 5.41) is 13.0. The molecule has 0 bridgehead atoms. The van der Waals surface area contributed by atoms with Crippen LogP contribution in [0.4, 0.5) is 5.69 Å². The van der Waals surface area contributed by atoms with Gasteiger partial charge in [-0.25, -0.2) is 0 Å². The summed E-state index contributed by atoms with van der Waals surface area (Å²) in [7, 11) is 0. The molecule has 4 heteroatoms. The van der Waals surface area contributed by atoms with Crippen LogP contribution in [0.1, 0.15) is 30.4 Å². The summed E-state index contributed by atoms with van der Waals surface area (Å²) in [5.74, 6) is 0.361. The molecule has 0 heterocycles. The zero-order chi connectivity index (χ0) is 13.2. The molecule has 4 nitrogen and oxygen atoms in total. The lowest BCUT2D eigenvalue weighted by Crippen LogP contribution is -2.41. The topological polar surface area (TPSA) is 70.6 Å². The smallest absolute Gasteiger partial charge is 0.193 e. The van der Waals surface area contributed by atoms with E-state index in [1.165, 1.54) is 11.1 Å². The van der Waals surface area contributed by atoms with E-state index in [2.05, 4.69) is 16.4 Å². The quantitative estimate of drug-likeness (QED) is 0.564. The second-order valence-electron chi connectivity index (χ2n) is 5.28. The fraction of sp³-hybridized carbons (Fsp3) is 0.500. The van der Waals surface area contributed by atoms with Crippen LogP contribution in [0.3, 0.4) is 0 Å². The van der Waals surface area contributed by atoms with Crippen LogP contribution in [-0.4, -0.2) is 23.2 Å². The Morgan fingerprint density at radius 1 is 1.33 bits per heavy atom. The molecule has 1 aromatic carbocycles. The van der Waals surface area contributed by atoms with Gasteiger partial charge in [0.2, 0.25) is 0 Å². The highest BCUT2D eigenvalue weighted by Crippen LogP contribution is 2.31. The van der Waals surface area contributed by atoms with Crippen molar-refractivity contribution in [2.45, 2.75) is 38.7 Å². The molecule has 0 atom stereocenters. The van der Waals surface area contributed by atoms with Crippen molar-refractivity contribution in [3.05, 3.63) is 29.3 Å². The third kappa shape index (κ3) is 3.23. The van der Waals surface area contributed by atoms with E-state index in [1.54, 1.807) is 0 Å². The van der Waals surface area contributed by atoms with E-state index < -0.39 is 5.60 Å². The minimum Gasteiger partial charge on any atom is -0.388 e. The van der Waals surface area contributed by atoms with E-state index >= 15 is 0 Å². The molecular formula is C14H21N3O. The summed E-state index contributed by atoms with van der Waals surface area (Å²) in [5.41, 5.74) is 8.51. The van der Waals surface area contributed by atoms with Crippen LogP contribution in [0.2, 0.25) is 0 Å². The van der Waals surface area contributed by atoms with Gasteiger partial charge in [-0.3, -0.25) is 4.99 Å². The average molecular weight is 247 g/mol. The molecule has 0 unspecified atom stereocenters. The molecule has 18 heavy (non-hydrogen) atoms. The predicted molar refractivity (Wildman–Crippen MR) is 74.8 cm³/mol. The first-order valence-corrected chi connectivity index (χ1v) is 6.34. The van der Waals surface area contributed by atoms with Gasteiger partial charge in [0.15, 0.2) is 5.96 Å². The number of nitrogens with zero attached hydrogens (tertiary/aromatic N) is 1. The van der Waals surface area contributed by atoms with Crippen molar-refractivity contribution in [2.75, 3.05) is 11.9 Å². The van der Waals surface area contributed by atoms with Crippen LogP contribution in [0.15, 0.2) is 23.2 Å². The predicted octanol–water partition coefficient (Wildman–Crippen LogP) is 1.95. The second-order valence-corrected chi connectivity index (χ2v) is 5.28. The number of nitrogens with one attached hydrogen (secondary N) is 1. The third-order valence-electron chi connectivity index (χ3n) is 3.32. The van der Waals surface area contributed by atoms with E-state index in [4.69, 9.17) is 5.73 Å². The monoisotopic (exact) mass is 247 g/mol. The molecule has 0 saturated heterocycles. The number of aryl methyl sites for hydroxylation is 2. The van der Waals surface area contributed by atoms with Crippen molar-refractivity contribution in [1.82, 2.24) is 0 Å². The Morgan fingerprint density at radius 2 is 1.94 bits per heavy atom. The van der Waals surface area contributed by atoms with Gasteiger partial charge in [-0.2, -0.15) is 0 Å². The Bertz CT molecular complexity index is 444. The van der Waals surface area contributed by atoms with E-state index in [0.717, 1.165) is 24.9 Å². The molecule has 0 aliphatic heterocycles. The standard InChI is InChI=1S/C14H21N3O/c1-10-6-11(2)8-12(7-10)17-13(15)16-9-14(18)4-3-5-14/h6-8,18H,3-5,9H2,1-2H3,(H3,15,16,17). The number of rotatable bonds is 3. The summed E-state index contributed by atoms with van der Waals surface area (Å²) in [6.45, 7) is 4.47. The lowest BCUT2D eigenvalue weighted by molar-refractivity contribution is -0.0235. The zero-order valence-electron chi connectivity index (χ0n) is 11.0. The first kappa shape index (κ1) is 12.9. The molecular weight excluding hydrogens is 226 g/mol. The molecule has 2 rings (SSSR count). The Balaban J connectivity index is 1.97. The first-order chi connectivity index (χ1) is 8.47. The van der Waals surface area contributed by atoms with Gasteiger partial charge in [0.1, 0.15) is 0 Å². The first-order valence-electron chi connectivity index (χ1n) is 6.34. The van der Waals surface area contributed by atoms with E-state index in [9.17, 15) is 5.11 Å². The number of hydrogen-bond acceptors (Lipinski definition) is 2. The Kier molecular flexibility index (Phi) is 3.57. The van der Waals surface area contributed by atoms with Crippen molar-refractivity contribution in [3.63, 3.8) is 0 Å². The molecule has 1 aromatic rings. The number of benzene rings is 1. The highest BCUT2D eigenvalue weighted by Gasteiger charge is 2.33. The van der Waals surface area contributed by atoms with Crippen molar-refractivity contribution in [3.8, 4) is 0 Å². The summed E-state index contributed by atoms with van der Waals surface area (Å²) >= 11 is 0. The molecule has 1 aliphatic carbocycles. The third-order valence-corrected chi connectivity index (χ3v) is 3.32. The minimum atomic E-state index is -0.616. The van der Waals surface area contributed by atoms with Crippen molar-refractivity contribution in [1.29, 1.82) is 0 Å². The van der Waals surface area contributed by atoms with E-state index in [-0.39, 0.29) is 0 Å². The molecule has 1 saturated carbocycles. The largest absolute Gasteiger partial charge is 0.388 e. The van der Waals surface area contributed by atoms with Crippen molar-refractivity contribution < 1.29 is 5.11 Å². The number of aliphatic imine (C=N–C) groups is 1. The summed E-state index contributed by atoms with van der Waals surface area (Å²) in [6.07, 6.45) is 2.73. The van der Waals surface area contributed by atoms with Crippen LogP contribution in [0.5, 0.6) is 0 Å². The van der Waals surface area contributed by atoms with Gasteiger partial charge in [-0.1, -0.05) is 6.07 Å². The molecule has 0 aromatic heterocycles. The maximum atomic E-state index is 9.92. The molecule has 0 amide bonds. The second kappa shape index (κ2) is 4.98. The van der Waals surface area contributed by atoms with Gasteiger partial charge in [0, 0.05) is 5.69 Å². The fourth-order valence-electron chi connectivity index (χ4n) is 2.21. The Morgan fingerprint density at radius 3 is 2.44 bits per heavy atom. The zero-order valence-corrected chi connectivity index (χ0v) is 11.0. The average Bonchev–Trinajstić information content (AvgIpc) is 2.22. The van der Waals surface area contributed by atoms with Crippen LogP contribution >= 0.6 is 0 Å². The van der Waals surface area contributed by atoms with Crippen LogP contribution in [0, 0.1) is 13.8 Å². The van der Waals surface area contributed by atoms with Crippen LogP contribution in [-0.2, 0) is 0 Å². The maximum Gasteiger partial charge on any atom is 0.193 e. The van der Waals surface area contributed by atoms with E-state index in [0.29, 0.717) is 12.5 Å². The number of anilines is 1. The van der Waals surface area contributed by atoms with Gasteiger partial charge in [-0.05, 0) is 56.4 Å². The van der Waals surface area contributed by atoms with Gasteiger partial charge in [0.25, 0.3) is 0 Å². The summed E-state index contributed by atoms with van der Waals surface area (Å²) in [4.78, 5) is 4.21. The lowest BCUT2D eigenvalue weighted by Gasteiger charge is -2.34. The molecule has 0 radical (unpaired) electrons. The molecule has 1 fully saturated rings. The minimum absolute atomic E-state index is 0.361. The Labute approximate surface area is 108 Å². The number of aliphatic hydroxyl groups is 1. The van der Waals surface area contributed by atoms with Crippen molar-refractivity contribution in [2.24, 2.45) is 10.7 Å². The van der Waals surface area contributed by atoms with Crippen molar-refractivity contribution >= 4 is 11.6 Å². The highest BCUT2D eigenvalue weighted by atomic mass is 16.3. The van der Waals surface area contributed by atoms with Gasteiger partial charge in [0.05, 0.1) is 12.1 Å². The SMILES string of the molecule is Cc1cc(C)cc(NC(N)=NCC2(O)CCC2)c1. The molecule has 1 aliphatic rings. The van der Waals surface area contributed by atoms with Gasteiger partial charge < -0.3 is 16.2 Å². The fourth-order valence-corrected chi connectivity index (χ4v) is 2.21. The highest BCUT2D eigenvalue weighted by molar-refractivity contribution is 5.92. The lowest BCUT2D eigenvalue weighted by atomic mass is 9.80. The van der Waals surface area contributed by atoms with Crippen LogP contribution in [0.25, 0.3) is 0 Å².